The Balaban J connectivity index is 2.08. The molecule has 1 saturated heterocycles. The molecule has 0 aliphatic carbocycles. The first kappa shape index (κ1) is 28.9. The van der Waals surface area contributed by atoms with Gasteiger partial charge in [-0.25, -0.2) is 13.2 Å². The molecule has 1 aromatic carbocycles. The summed E-state index contributed by atoms with van der Waals surface area (Å²) in [5.41, 5.74) is 6.35. The van der Waals surface area contributed by atoms with Crippen LogP contribution in [0.5, 0.6) is 5.75 Å². The molecule has 35 heavy (non-hydrogen) atoms. The first-order chi connectivity index (χ1) is 16.7. The van der Waals surface area contributed by atoms with Gasteiger partial charge in [-0.15, -0.1) is 6.58 Å². The highest BCUT2D eigenvalue weighted by molar-refractivity contribution is 7.91. The number of rotatable bonds is 13. The molecular weight excluding hydrogens is 468 g/mol. The molecule has 1 aliphatic rings. The fourth-order valence-electron chi connectivity index (χ4n) is 4.42. The largest absolute Gasteiger partial charge is 0.494 e. The molecule has 2 amide bonds. The molecule has 0 aromatic heterocycles. The molecule has 0 spiro atoms. The van der Waals surface area contributed by atoms with Gasteiger partial charge in [0.05, 0.1) is 30.8 Å². The third-order valence-electron chi connectivity index (χ3n) is 5.96. The highest BCUT2D eigenvalue weighted by atomic mass is 32.2. The average molecular weight is 511 g/mol. The number of nitrogens with zero attached hydrogens (tertiary/aromatic N) is 2. The Hall–Kier alpha value is -2.30. The van der Waals surface area contributed by atoms with Crippen molar-refractivity contribution in [2.24, 2.45) is 17.6 Å². The number of anilines is 1. The predicted molar refractivity (Wildman–Crippen MR) is 141 cm³/mol. The first-order valence-corrected chi connectivity index (χ1v) is 14.2. The minimum atomic E-state index is -3.12. The van der Waals surface area contributed by atoms with Gasteiger partial charge in [-0.3, -0.25) is 0 Å². The van der Waals surface area contributed by atoms with Crippen molar-refractivity contribution in [3.05, 3.63) is 36.9 Å². The maximum absolute atomic E-state index is 12.7. The molecule has 10 heteroatoms. The van der Waals surface area contributed by atoms with Crippen molar-refractivity contribution in [2.45, 2.75) is 32.7 Å². The van der Waals surface area contributed by atoms with Gasteiger partial charge in [0.15, 0.2) is 9.84 Å². The van der Waals surface area contributed by atoms with Crippen LogP contribution in [-0.4, -0.2) is 87.9 Å². The normalized spacial score (nSPS) is 18.9. The number of ether oxygens (including phenoxy) is 1. The lowest BCUT2D eigenvalue weighted by atomic mass is 9.96. The summed E-state index contributed by atoms with van der Waals surface area (Å²) in [5.74, 6) is 1.52. The summed E-state index contributed by atoms with van der Waals surface area (Å²) >= 11 is 0. The average Bonchev–Trinajstić information content (AvgIpc) is 2.99. The molecule has 4 N–H and O–H groups in total. The SMILES string of the molecule is C=C[C@H]1CN(C(=O)NCCO)C[C@@H](CC(C)C)CN1c1ccc(OCCCS(=O)(=O)CCN)cc1. The van der Waals surface area contributed by atoms with E-state index in [2.05, 4.69) is 30.6 Å². The number of hydrogen-bond donors (Lipinski definition) is 3. The lowest BCUT2D eigenvalue weighted by Crippen LogP contribution is -2.46. The molecule has 1 aromatic rings. The van der Waals surface area contributed by atoms with E-state index in [1.165, 1.54) is 0 Å². The molecule has 1 heterocycles. The quantitative estimate of drug-likeness (QED) is 0.273. The summed E-state index contributed by atoms with van der Waals surface area (Å²) < 4.78 is 29.3. The zero-order chi connectivity index (χ0) is 25.8. The van der Waals surface area contributed by atoms with Gasteiger partial charge in [0, 0.05) is 38.4 Å². The van der Waals surface area contributed by atoms with Gasteiger partial charge in [-0.1, -0.05) is 19.9 Å². The second kappa shape index (κ2) is 14.3. The van der Waals surface area contributed by atoms with Gasteiger partial charge >= 0.3 is 6.03 Å². The van der Waals surface area contributed by atoms with Crippen LogP contribution in [0, 0.1) is 11.8 Å². The van der Waals surface area contributed by atoms with Crippen LogP contribution in [0.25, 0.3) is 0 Å². The van der Waals surface area contributed by atoms with E-state index in [1.807, 2.05) is 35.2 Å². The van der Waals surface area contributed by atoms with E-state index < -0.39 is 9.84 Å². The fourth-order valence-corrected chi connectivity index (χ4v) is 5.54. The van der Waals surface area contributed by atoms with Gasteiger partial charge in [-0.2, -0.15) is 0 Å². The fraction of sp³-hybridized carbons (Fsp3) is 0.640. The van der Waals surface area contributed by atoms with Crippen LogP contribution >= 0.6 is 0 Å². The van der Waals surface area contributed by atoms with Crippen LogP contribution in [-0.2, 0) is 9.84 Å². The first-order valence-electron chi connectivity index (χ1n) is 12.3. The molecule has 1 fully saturated rings. The summed E-state index contributed by atoms with van der Waals surface area (Å²) in [6.07, 6.45) is 3.27. The van der Waals surface area contributed by atoms with Crippen molar-refractivity contribution in [3.8, 4) is 5.75 Å². The maximum Gasteiger partial charge on any atom is 0.317 e. The Morgan fingerprint density at radius 1 is 1.26 bits per heavy atom. The van der Waals surface area contributed by atoms with Crippen molar-refractivity contribution < 1.29 is 23.1 Å². The second-order valence-electron chi connectivity index (χ2n) is 9.45. The molecule has 0 unspecified atom stereocenters. The highest BCUT2D eigenvalue weighted by Gasteiger charge is 2.31. The zero-order valence-corrected chi connectivity index (χ0v) is 21.9. The standard InChI is InChI=1S/C25H42N4O5S/c1-4-22-19-28(25(31)27-11-12-30)17-21(16-20(2)3)18-29(22)23-6-8-24(9-7-23)34-13-5-14-35(32,33)15-10-26/h4,6-9,20-22,30H,1,5,10-19,26H2,2-3H3,(H,27,31)/t21-,22+/m1/s1. The number of nitrogens with two attached hydrogens (primary N) is 1. The lowest BCUT2D eigenvalue weighted by Gasteiger charge is -2.32. The van der Waals surface area contributed by atoms with E-state index in [1.54, 1.807) is 0 Å². The summed E-state index contributed by atoms with van der Waals surface area (Å²) in [6, 6.07) is 7.52. The molecule has 1 aliphatic heterocycles. The van der Waals surface area contributed by atoms with E-state index in [4.69, 9.17) is 15.6 Å². The number of nitrogens with one attached hydrogen (secondary N) is 1. The Bertz CT molecular complexity index is 892. The highest BCUT2D eigenvalue weighted by Crippen LogP contribution is 2.28. The van der Waals surface area contributed by atoms with Crippen LogP contribution in [0.4, 0.5) is 10.5 Å². The van der Waals surface area contributed by atoms with Crippen LogP contribution in [0.15, 0.2) is 36.9 Å². The van der Waals surface area contributed by atoms with E-state index in [0.29, 0.717) is 37.8 Å². The van der Waals surface area contributed by atoms with E-state index in [9.17, 15) is 13.2 Å². The van der Waals surface area contributed by atoms with E-state index in [0.717, 1.165) is 18.7 Å². The minimum absolute atomic E-state index is 0.000326. The van der Waals surface area contributed by atoms with Gasteiger partial charge in [0.2, 0.25) is 0 Å². The van der Waals surface area contributed by atoms with Crippen LogP contribution < -0.4 is 20.7 Å². The number of carbonyl (C=O) groups is 1. The van der Waals surface area contributed by atoms with Crippen molar-refractivity contribution in [3.63, 3.8) is 0 Å². The van der Waals surface area contributed by atoms with E-state index in [-0.39, 0.29) is 49.2 Å². The topological polar surface area (TPSA) is 125 Å². The number of carbonyl (C=O) groups excluding carboxylic acids is 1. The number of amides is 2. The number of hydrogen-bond acceptors (Lipinski definition) is 7. The van der Waals surface area contributed by atoms with E-state index >= 15 is 0 Å². The van der Waals surface area contributed by atoms with Gasteiger partial charge in [0.25, 0.3) is 0 Å². The summed E-state index contributed by atoms with van der Waals surface area (Å²) in [7, 11) is -3.12. The van der Waals surface area contributed by atoms with Gasteiger partial charge in [-0.05, 0) is 48.9 Å². The molecule has 198 valence electrons. The molecule has 9 nitrogen and oxygen atoms in total. The number of sulfone groups is 1. The Labute approximate surface area is 210 Å². The zero-order valence-electron chi connectivity index (χ0n) is 21.1. The Morgan fingerprint density at radius 2 is 1.97 bits per heavy atom. The van der Waals surface area contributed by atoms with Crippen LogP contribution in [0.1, 0.15) is 26.7 Å². The van der Waals surface area contributed by atoms with Crippen LogP contribution in [0.3, 0.4) is 0 Å². The predicted octanol–water partition coefficient (Wildman–Crippen LogP) is 1.87. The molecule has 0 saturated carbocycles. The number of benzene rings is 1. The van der Waals surface area contributed by atoms with Gasteiger partial charge < -0.3 is 30.7 Å². The van der Waals surface area contributed by atoms with Crippen molar-refractivity contribution in [1.29, 1.82) is 0 Å². The van der Waals surface area contributed by atoms with Crippen LogP contribution in [0.2, 0.25) is 0 Å². The number of aliphatic hydroxyl groups excluding tert-OH is 1. The summed E-state index contributed by atoms with van der Waals surface area (Å²) in [4.78, 5) is 16.8. The number of aliphatic hydroxyl groups is 1. The second-order valence-corrected chi connectivity index (χ2v) is 11.8. The van der Waals surface area contributed by atoms with Crippen molar-refractivity contribution >= 4 is 21.6 Å². The molecular formula is C25H42N4O5S. The Morgan fingerprint density at radius 3 is 2.57 bits per heavy atom. The monoisotopic (exact) mass is 510 g/mol. The third-order valence-corrected chi connectivity index (χ3v) is 7.73. The molecule has 2 rings (SSSR count). The smallest absolute Gasteiger partial charge is 0.317 e. The van der Waals surface area contributed by atoms with Crippen molar-refractivity contribution in [1.82, 2.24) is 10.2 Å². The minimum Gasteiger partial charge on any atom is -0.494 e. The molecule has 2 atom stereocenters. The van der Waals surface area contributed by atoms with Crippen molar-refractivity contribution in [2.75, 3.05) is 62.3 Å². The molecule has 0 radical (unpaired) electrons. The summed E-state index contributed by atoms with van der Waals surface area (Å²) in [6.45, 7) is 10.9. The Kier molecular flexibility index (Phi) is 11.8. The lowest BCUT2D eigenvalue weighted by molar-refractivity contribution is 0.185. The maximum atomic E-state index is 12.7. The molecule has 0 bridgehead atoms. The summed E-state index contributed by atoms with van der Waals surface area (Å²) in [5, 5.41) is 11.9. The van der Waals surface area contributed by atoms with Gasteiger partial charge in [0.1, 0.15) is 5.75 Å². The number of urea groups is 1. The third kappa shape index (κ3) is 9.70.